The Labute approximate surface area is 349 Å². The summed E-state index contributed by atoms with van der Waals surface area (Å²) in [6, 6.07) is 67.0. The highest BCUT2D eigenvalue weighted by Gasteiger charge is 2.37. The molecule has 10 aromatic rings. The summed E-state index contributed by atoms with van der Waals surface area (Å²) in [5.74, 6) is 0. The van der Waals surface area contributed by atoms with Gasteiger partial charge in [0.05, 0.1) is 12.3 Å². The van der Waals surface area contributed by atoms with Crippen molar-refractivity contribution in [3.8, 4) is 33.4 Å². The van der Waals surface area contributed by atoms with E-state index in [4.69, 9.17) is 15.1 Å². The molecule has 1 aliphatic carbocycles. The van der Waals surface area contributed by atoms with Crippen molar-refractivity contribution < 1.29 is 4.42 Å². The second-order valence-electron chi connectivity index (χ2n) is 16.4. The number of furan rings is 1. The van der Waals surface area contributed by atoms with Gasteiger partial charge in [-0.3, -0.25) is 4.99 Å². The predicted octanol–water partition coefficient (Wildman–Crippen LogP) is 14.5. The van der Waals surface area contributed by atoms with Gasteiger partial charge in [-0.25, -0.2) is 0 Å². The van der Waals surface area contributed by atoms with Crippen molar-refractivity contribution in [2.75, 3.05) is 0 Å². The predicted molar refractivity (Wildman–Crippen MR) is 252 cm³/mol. The molecule has 0 bridgehead atoms. The molecule has 1 heterocycles. The van der Waals surface area contributed by atoms with Gasteiger partial charge in [-0.2, -0.15) is 0 Å². The van der Waals surface area contributed by atoms with Gasteiger partial charge >= 0.3 is 0 Å². The van der Waals surface area contributed by atoms with E-state index in [2.05, 4.69) is 153 Å². The molecule has 1 aromatic heterocycles. The lowest BCUT2D eigenvalue weighted by Gasteiger charge is -2.23. The summed E-state index contributed by atoms with van der Waals surface area (Å²) in [5, 5.41) is 6.97. The van der Waals surface area contributed by atoms with E-state index in [-0.39, 0.29) is 5.41 Å². The summed E-state index contributed by atoms with van der Waals surface area (Å²) in [6.45, 7) is 5.24. The molecule has 9 aromatic carbocycles. The first-order chi connectivity index (χ1) is 29.4. The average molecular weight is 771 g/mol. The third-order valence-electron chi connectivity index (χ3n) is 12.5. The zero-order valence-electron chi connectivity index (χ0n) is 33.6. The van der Waals surface area contributed by atoms with E-state index in [1.807, 2.05) is 54.6 Å². The van der Waals surface area contributed by atoms with Crippen LogP contribution in [0.4, 0.5) is 0 Å². The first-order valence-electron chi connectivity index (χ1n) is 20.7. The van der Waals surface area contributed by atoms with Crippen LogP contribution in [-0.2, 0) is 12.0 Å². The molecule has 286 valence electrons. The number of hydrogen-bond acceptors (Lipinski definition) is 3. The number of fused-ring (bicyclic) bond motifs is 9. The fraction of sp³-hybridized carbons (Fsp3) is 0.0702. The molecule has 11 rings (SSSR count). The molecule has 0 radical (unpaired) electrons. The van der Waals surface area contributed by atoms with Gasteiger partial charge in [-0.15, -0.1) is 0 Å². The minimum atomic E-state index is -0.0704. The van der Waals surface area contributed by atoms with Crippen molar-refractivity contribution in [3.63, 3.8) is 0 Å². The van der Waals surface area contributed by atoms with Gasteiger partial charge in [-0.05, 0) is 95.9 Å². The standard InChI is InChI=1S/C57H42N2O/c1-57(2)50-32-28-40(33-49(50)46-29-27-38-15-6-7-16-42(38)56(46)57)37-23-25-39(26-24-37)41-30-31-45(44-18-9-8-17-43(41)44)51(58)34-52(59-35-36-13-4-3-5-14-36)47-20-12-22-54-55(47)48-19-10-11-21-53(48)60-54/h3-34H,35,58H2,1-2H3/b51-34-,59-52?. The van der Waals surface area contributed by atoms with Crippen molar-refractivity contribution in [1.82, 2.24) is 0 Å². The highest BCUT2D eigenvalue weighted by Crippen LogP contribution is 2.52. The lowest BCUT2D eigenvalue weighted by Crippen LogP contribution is -2.15. The monoisotopic (exact) mass is 770 g/mol. The molecular weight excluding hydrogens is 729 g/mol. The molecule has 1 aliphatic rings. The van der Waals surface area contributed by atoms with Crippen LogP contribution in [-0.4, -0.2) is 5.71 Å². The van der Waals surface area contributed by atoms with Crippen molar-refractivity contribution >= 4 is 54.9 Å². The Hall–Kier alpha value is -7.49. The Bertz CT molecular complexity index is 3370. The summed E-state index contributed by atoms with van der Waals surface area (Å²) in [4.78, 5) is 5.21. The van der Waals surface area contributed by atoms with Crippen LogP contribution in [0.25, 0.3) is 82.6 Å². The van der Waals surface area contributed by atoms with Crippen LogP contribution in [0.15, 0.2) is 204 Å². The molecule has 0 unspecified atom stereocenters. The number of hydrogen-bond donors (Lipinski definition) is 1. The summed E-state index contributed by atoms with van der Waals surface area (Å²) < 4.78 is 6.28. The number of rotatable bonds is 7. The third kappa shape index (κ3) is 5.85. The maximum absolute atomic E-state index is 7.14. The van der Waals surface area contributed by atoms with E-state index >= 15 is 0 Å². The van der Waals surface area contributed by atoms with Crippen LogP contribution >= 0.6 is 0 Å². The van der Waals surface area contributed by atoms with Gasteiger partial charge < -0.3 is 10.2 Å². The van der Waals surface area contributed by atoms with Crippen molar-refractivity contribution in [1.29, 1.82) is 0 Å². The Balaban J connectivity index is 0.960. The van der Waals surface area contributed by atoms with E-state index < -0.39 is 0 Å². The molecule has 0 saturated carbocycles. The summed E-state index contributed by atoms with van der Waals surface area (Å²) in [5.41, 5.74) is 23.5. The Morgan fingerprint density at radius 1 is 0.533 bits per heavy atom. The molecule has 0 fully saturated rings. The van der Waals surface area contributed by atoms with Crippen LogP contribution < -0.4 is 5.73 Å². The van der Waals surface area contributed by atoms with E-state index in [1.165, 1.54) is 44.2 Å². The molecule has 0 saturated heterocycles. The fourth-order valence-electron chi connectivity index (χ4n) is 9.62. The second kappa shape index (κ2) is 14.1. The quantitative estimate of drug-likeness (QED) is 0.164. The molecular formula is C57H42N2O. The van der Waals surface area contributed by atoms with Gasteiger partial charge in [0.15, 0.2) is 0 Å². The van der Waals surface area contributed by atoms with Crippen molar-refractivity contribution in [2.45, 2.75) is 25.8 Å². The van der Waals surface area contributed by atoms with E-state index in [1.54, 1.807) is 0 Å². The summed E-state index contributed by atoms with van der Waals surface area (Å²) in [7, 11) is 0. The smallest absolute Gasteiger partial charge is 0.136 e. The first kappa shape index (κ1) is 35.7. The first-order valence-corrected chi connectivity index (χ1v) is 20.7. The Morgan fingerprint density at radius 2 is 1.20 bits per heavy atom. The minimum Gasteiger partial charge on any atom is -0.456 e. The third-order valence-corrected chi connectivity index (χ3v) is 12.5. The SMILES string of the molecule is CC1(C)c2ccc(-c3ccc(-c4ccc(/C(N)=C/C(=NCc5ccccc5)c5cccc6oc7ccccc7c56)c5ccccc45)cc3)cc2-c2ccc3ccccc3c21. The molecule has 0 atom stereocenters. The Morgan fingerprint density at radius 3 is 2.03 bits per heavy atom. The topological polar surface area (TPSA) is 51.5 Å². The number of allylic oxidation sites excluding steroid dienone is 1. The lowest BCUT2D eigenvalue weighted by molar-refractivity contribution is 0.666. The normalized spacial score (nSPS) is 13.6. The number of nitrogens with zero attached hydrogens (tertiary/aromatic N) is 1. The van der Waals surface area contributed by atoms with E-state index in [0.717, 1.165) is 66.2 Å². The van der Waals surface area contributed by atoms with Crippen molar-refractivity contribution in [2.24, 2.45) is 10.7 Å². The van der Waals surface area contributed by atoms with Gasteiger partial charge in [0.25, 0.3) is 0 Å². The Kier molecular flexibility index (Phi) is 8.38. The molecule has 2 N–H and O–H groups in total. The van der Waals surface area contributed by atoms with Crippen LogP contribution in [0, 0.1) is 0 Å². The molecule has 0 amide bonds. The molecule has 60 heavy (non-hydrogen) atoms. The summed E-state index contributed by atoms with van der Waals surface area (Å²) in [6.07, 6.45) is 2.04. The zero-order valence-corrected chi connectivity index (χ0v) is 33.6. The highest BCUT2D eigenvalue weighted by molar-refractivity contribution is 6.23. The minimum absolute atomic E-state index is 0.0704. The molecule has 0 spiro atoms. The second-order valence-corrected chi connectivity index (χ2v) is 16.4. The highest BCUT2D eigenvalue weighted by atomic mass is 16.3. The fourth-order valence-corrected chi connectivity index (χ4v) is 9.62. The number of nitrogens with two attached hydrogens (primary N) is 1. The van der Waals surface area contributed by atoms with E-state index in [0.29, 0.717) is 12.2 Å². The van der Waals surface area contributed by atoms with E-state index in [9.17, 15) is 0 Å². The maximum atomic E-state index is 7.14. The molecule has 0 aliphatic heterocycles. The zero-order chi connectivity index (χ0) is 40.4. The van der Waals surface area contributed by atoms with Crippen LogP contribution in [0.1, 0.15) is 41.7 Å². The maximum Gasteiger partial charge on any atom is 0.136 e. The molecule has 3 heteroatoms. The van der Waals surface area contributed by atoms with Crippen molar-refractivity contribution in [3.05, 3.63) is 222 Å². The van der Waals surface area contributed by atoms with Gasteiger partial charge in [-0.1, -0.05) is 184 Å². The van der Waals surface area contributed by atoms with Crippen LogP contribution in [0.2, 0.25) is 0 Å². The molecule has 3 nitrogen and oxygen atoms in total. The largest absolute Gasteiger partial charge is 0.456 e. The van der Waals surface area contributed by atoms with Gasteiger partial charge in [0.2, 0.25) is 0 Å². The van der Waals surface area contributed by atoms with Crippen LogP contribution in [0.3, 0.4) is 0 Å². The summed E-state index contributed by atoms with van der Waals surface area (Å²) >= 11 is 0. The van der Waals surface area contributed by atoms with Crippen LogP contribution in [0.5, 0.6) is 0 Å². The average Bonchev–Trinajstić information content (AvgIpc) is 3.79. The van der Waals surface area contributed by atoms with Gasteiger partial charge in [0, 0.05) is 33.0 Å². The van der Waals surface area contributed by atoms with Gasteiger partial charge in [0.1, 0.15) is 11.2 Å². The number of para-hydroxylation sites is 1. The number of benzene rings is 9. The number of aliphatic imine (C=N–C) groups is 1. The lowest BCUT2D eigenvalue weighted by atomic mass is 9.80.